The van der Waals surface area contributed by atoms with Crippen molar-refractivity contribution in [3.05, 3.63) is 46.5 Å². The Kier molecular flexibility index (Phi) is 4.74. The summed E-state index contributed by atoms with van der Waals surface area (Å²) in [7, 11) is 1.58. The molecule has 0 bridgehead atoms. The van der Waals surface area contributed by atoms with Gasteiger partial charge in [-0.1, -0.05) is 11.8 Å². The van der Waals surface area contributed by atoms with E-state index >= 15 is 0 Å². The quantitative estimate of drug-likeness (QED) is 0.389. The van der Waals surface area contributed by atoms with Crippen LogP contribution in [0.4, 0.5) is 22.0 Å². The lowest BCUT2D eigenvalue weighted by Crippen LogP contribution is -2.23. The molecule has 2 aromatic heterocycles. The first-order chi connectivity index (χ1) is 12.2. The van der Waals surface area contributed by atoms with Crippen molar-refractivity contribution in [1.29, 1.82) is 0 Å². The van der Waals surface area contributed by atoms with Gasteiger partial charge in [0.25, 0.3) is 5.56 Å². The van der Waals surface area contributed by atoms with Gasteiger partial charge in [-0.3, -0.25) is 9.36 Å². The number of rotatable bonds is 4. The predicted octanol–water partition coefficient (Wildman–Crippen LogP) is 3.44. The van der Waals surface area contributed by atoms with E-state index in [4.69, 9.17) is 0 Å². The molecule has 0 atom stereocenters. The first-order valence-corrected chi connectivity index (χ1v) is 8.25. The fourth-order valence-corrected chi connectivity index (χ4v) is 3.23. The van der Waals surface area contributed by atoms with Crippen LogP contribution in [0.2, 0.25) is 0 Å². The Morgan fingerprint density at radius 1 is 1.19 bits per heavy atom. The Labute approximate surface area is 147 Å². The number of aromatic nitrogens is 4. The second-order valence-corrected chi connectivity index (χ2v) is 6.44. The summed E-state index contributed by atoms with van der Waals surface area (Å²) >= 11 is 0.694. The van der Waals surface area contributed by atoms with Crippen molar-refractivity contribution >= 4 is 22.9 Å². The third-order valence-corrected chi connectivity index (χ3v) is 4.42. The minimum absolute atomic E-state index is 0.0302. The first kappa shape index (κ1) is 18.4. The maximum Gasteiger partial charge on any atom is 0.389 e. The van der Waals surface area contributed by atoms with Crippen LogP contribution in [0, 0.1) is 11.6 Å². The minimum atomic E-state index is -4.36. The van der Waals surface area contributed by atoms with Crippen molar-refractivity contribution in [3.8, 4) is 5.69 Å². The van der Waals surface area contributed by atoms with Crippen LogP contribution < -0.4 is 5.56 Å². The van der Waals surface area contributed by atoms with Crippen LogP contribution >= 0.6 is 11.8 Å². The Hall–Kier alpha value is -2.43. The number of alkyl halides is 3. The summed E-state index contributed by atoms with van der Waals surface area (Å²) in [6.45, 7) is 0. The Morgan fingerprint density at radius 3 is 2.58 bits per heavy atom. The number of hydrogen-bond acceptors (Lipinski definition) is 4. The van der Waals surface area contributed by atoms with E-state index in [1.54, 1.807) is 7.05 Å². The number of hydrogen-bond donors (Lipinski definition) is 0. The molecule has 0 spiro atoms. The summed E-state index contributed by atoms with van der Waals surface area (Å²) in [5, 5.41) is -0.0682. The molecule has 0 aliphatic rings. The number of benzene rings is 1. The van der Waals surface area contributed by atoms with Gasteiger partial charge in [-0.2, -0.15) is 13.2 Å². The summed E-state index contributed by atoms with van der Waals surface area (Å²) in [5.74, 6) is -2.69. The van der Waals surface area contributed by atoms with Gasteiger partial charge in [-0.15, -0.1) is 0 Å². The summed E-state index contributed by atoms with van der Waals surface area (Å²) in [6.07, 6.45) is -4.12. The molecule has 3 aromatic rings. The molecule has 3 rings (SSSR count). The molecule has 0 fully saturated rings. The average molecular weight is 390 g/mol. The largest absolute Gasteiger partial charge is 0.389 e. The lowest BCUT2D eigenvalue weighted by Gasteiger charge is -2.13. The minimum Gasteiger partial charge on any atom is -0.318 e. The van der Waals surface area contributed by atoms with E-state index in [2.05, 4.69) is 9.97 Å². The lowest BCUT2D eigenvalue weighted by atomic mass is 10.3. The maximum absolute atomic E-state index is 13.6. The van der Waals surface area contributed by atoms with Gasteiger partial charge in [-0.25, -0.2) is 18.7 Å². The van der Waals surface area contributed by atoms with Crippen molar-refractivity contribution in [2.24, 2.45) is 7.05 Å². The van der Waals surface area contributed by atoms with Crippen LogP contribution in [0.5, 0.6) is 0 Å². The molecule has 26 heavy (non-hydrogen) atoms. The molecule has 0 saturated carbocycles. The number of fused-ring (bicyclic) bond motifs is 1. The van der Waals surface area contributed by atoms with Gasteiger partial charge >= 0.3 is 6.18 Å². The maximum atomic E-state index is 13.6. The van der Waals surface area contributed by atoms with Gasteiger partial charge in [0, 0.05) is 18.9 Å². The van der Waals surface area contributed by atoms with Crippen molar-refractivity contribution in [1.82, 2.24) is 19.1 Å². The van der Waals surface area contributed by atoms with Gasteiger partial charge in [0.15, 0.2) is 28.0 Å². The molecule has 0 unspecified atom stereocenters. The third-order valence-electron chi connectivity index (χ3n) is 3.48. The van der Waals surface area contributed by atoms with E-state index in [9.17, 15) is 26.7 Å². The van der Waals surface area contributed by atoms with Gasteiger partial charge in [0.2, 0.25) is 0 Å². The van der Waals surface area contributed by atoms with Crippen LogP contribution in [0.3, 0.4) is 0 Å². The Balaban J connectivity index is 2.14. The standard InChI is InChI=1S/C15H11F5N4OS/c1-23-7-21-11-12(23)22-14(26-5-4-15(18,19)20)24(13(11)25)8-2-3-9(16)10(17)6-8/h2-3,6-7H,4-5H2,1H3. The molecule has 11 heteroatoms. The summed E-state index contributed by atoms with van der Waals surface area (Å²) in [6, 6.07) is 2.75. The molecule has 0 saturated heterocycles. The molecule has 0 aliphatic carbocycles. The normalized spacial score (nSPS) is 12.1. The zero-order valence-corrected chi connectivity index (χ0v) is 14.0. The topological polar surface area (TPSA) is 52.7 Å². The monoisotopic (exact) mass is 390 g/mol. The fourth-order valence-electron chi connectivity index (χ4n) is 2.25. The molecule has 2 heterocycles. The van der Waals surface area contributed by atoms with Crippen LogP contribution in [0.25, 0.3) is 16.9 Å². The van der Waals surface area contributed by atoms with Crippen LogP contribution in [0.1, 0.15) is 6.42 Å². The van der Waals surface area contributed by atoms with Gasteiger partial charge in [-0.05, 0) is 12.1 Å². The molecule has 138 valence electrons. The van der Waals surface area contributed by atoms with E-state index in [1.165, 1.54) is 10.9 Å². The average Bonchev–Trinajstić information content (AvgIpc) is 2.91. The van der Waals surface area contributed by atoms with Crippen LogP contribution in [-0.4, -0.2) is 31.0 Å². The fraction of sp³-hybridized carbons (Fsp3) is 0.267. The number of aryl methyl sites for hydroxylation is 1. The summed E-state index contributed by atoms with van der Waals surface area (Å²) in [5.41, 5.74) is -0.583. The first-order valence-electron chi connectivity index (χ1n) is 7.26. The van der Waals surface area contributed by atoms with E-state index in [-0.39, 0.29) is 27.8 Å². The third kappa shape index (κ3) is 3.57. The van der Waals surface area contributed by atoms with Crippen LogP contribution in [-0.2, 0) is 7.05 Å². The number of imidazole rings is 1. The second-order valence-electron chi connectivity index (χ2n) is 5.37. The smallest absolute Gasteiger partial charge is 0.318 e. The van der Waals surface area contributed by atoms with Crippen LogP contribution in [0.15, 0.2) is 34.5 Å². The summed E-state index contributed by atoms with van der Waals surface area (Å²) in [4.78, 5) is 20.8. The van der Waals surface area contributed by atoms with Gasteiger partial charge < -0.3 is 4.57 Å². The van der Waals surface area contributed by atoms with E-state index in [0.717, 1.165) is 22.8 Å². The lowest BCUT2D eigenvalue weighted by molar-refractivity contribution is -0.129. The van der Waals surface area contributed by atoms with Gasteiger partial charge in [0.05, 0.1) is 18.4 Å². The SMILES string of the molecule is Cn1cnc2c(=O)n(-c3ccc(F)c(F)c3)c(SCCC(F)(F)F)nc21. The highest BCUT2D eigenvalue weighted by Crippen LogP contribution is 2.27. The highest BCUT2D eigenvalue weighted by atomic mass is 32.2. The molecule has 5 nitrogen and oxygen atoms in total. The number of nitrogens with zero attached hydrogens (tertiary/aromatic N) is 4. The zero-order valence-electron chi connectivity index (χ0n) is 13.2. The van der Waals surface area contributed by atoms with Crippen molar-refractivity contribution in [3.63, 3.8) is 0 Å². The zero-order chi connectivity index (χ0) is 19.1. The highest BCUT2D eigenvalue weighted by molar-refractivity contribution is 7.99. The van der Waals surface area contributed by atoms with E-state index < -0.39 is 29.8 Å². The van der Waals surface area contributed by atoms with E-state index in [1.807, 2.05) is 0 Å². The number of thioether (sulfide) groups is 1. The molecule has 0 aliphatic heterocycles. The molecule has 1 aromatic carbocycles. The second kappa shape index (κ2) is 6.71. The molecule has 0 radical (unpaired) electrons. The highest BCUT2D eigenvalue weighted by Gasteiger charge is 2.27. The molecular weight excluding hydrogens is 379 g/mol. The number of halogens is 5. The van der Waals surface area contributed by atoms with Gasteiger partial charge in [0.1, 0.15) is 0 Å². The Morgan fingerprint density at radius 2 is 1.92 bits per heavy atom. The van der Waals surface area contributed by atoms with E-state index in [0.29, 0.717) is 11.8 Å². The Bertz CT molecular complexity index is 1030. The molecule has 0 amide bonds. The summed E-state index contributed by atoms with van der Waals surface area (Å²) < 4.78 is 66.4. The van der Waals surface area contributed by atoms with Crippen molar-refractivity contribution in [2.75, 3.05) is 5.75 Å². The molecular formula is C15H11F5N4OS. The molecule has 0 N–H and O–H groups in total. The van der Waals surface area contributed by atoms with Crippen molar-refractivity contribution < 1.29 is 22.0 Å². The van der Waals surface area contributed by atoms with Crippen molar-refractivity contribution in [2.45, 2.75) is 17.8 Å². The predicted molar refractivity (Wildman–Crippen MR) is 85.4 cm³/mol.